The maximum Gasteiger partial charge on any atom is 0.272 e. The normalized spacial score (nSPS) is 11.5. The van der Waals surface area contributed by atoms with Crippen molar-refractivity contribution in [3.8, 4) is 5.88 Å². The molecule has 0 radical (unpaired) electrons. The van der Waals surface area contributed by atoms with Gasteiger partial charge in [-0.2, -0.15) is 4.98 Å². The monoisotopic (exact) mass is 648 g/mol. The lowest BCUT2D eigenvalue weighted by Gasteiger charge is -2.18. The molecule has 0 unspecified atom stereocenters. The third-order valence-electron chi connectivity index (χ3n) is 5.91. The number of rotatable bonds is 9. The van der Waals surface area contributed by atoms with E-state index in [-0.39, 0.29) is 17.4 Å². The summed E-state index contributed by atoms with van der Waals surface area (Å²) >= 11 is 9.77. The number of imidazole rings is 1. The number of anilines is 3. The number of ether oxygens (including phenoxy) is 1. The Labute approximate surface area is 248 Å². The fraction of sp³-hybridized carbons (Fsp3) is 0.286. The van der Waals surface area contributed by atoms with Gasteiger partial charge in [0.2, 0.25) is 17.7 Å². The summed E-state index contributed by atoms with van der Waals surface area (Å²) in [5.74, 6) is -0.612. The molecule has 4 rings (SSSR count). The summed E-state index contributed by atoms with van der Waals surface area (Å²) in [6.07, 6.45) is -2.76. The van der Waals surface area contributed by atoms with Crippen molar-refractivity contribution in [1.29, 1.82) is 0 Å². The molecule has 3 N–H and O–H groups in total. The molecule has 2 amide bonds. The molecule has 4 aromatic rings. The fourth-order valence-corrected chi connectivity index (χ4v) is 4.13. The Balaban J connectivity index is 1.64. The zero-order chi connectivity index (χ0) is 29.9. The Kier molecular flexibility index (Phi) is 9.13. The Morgan fingerprint density at radius 1 is 1.10 bits per heavy atom. The number of alkyl halides is 2. The molecule has 2 heterocycles. The van der Waals surface area contributed by atoms with E-state index in [4.69, 9.17) is 16.3 Å². The molecule has 0 atom stereocenters. The van der Waals surface area contributed by atoms with E-state index >= 15 is 0 Å². The summed E-state index contributed by atoms with van der Waals surface area (Å²) < 4.78 is 33.6. The van der Waals surface area contributed by atoms with Crippen molar-refractivity contribution in [2.45, 2.75) is 33.7 Å². The van der Waals surface area contributed by atoms with Crippen LogP contribution in [0.2, 0.25) is 5.02 Å². The second-order valence-electron chi connectivity index (χ2n) is 10.2. The molecule has 0 saturated heterocycles. The number of carbonyl (C=O) groups is 2. The smallest absolute Gasteiger partial charge is 0.272 e. The van der Waals surface area contributed by atoms with E-state index in [2.05, 4.69) is 41.8 Å². The lowest BCUT2D eigenvalue weighted by Crippen LogP contribution is -2.34. The average Bonchev–Trinajstić information content (AvgIpc) is 3.21. The number of amides is 2. The molecule has 9 nitrogen and oxygen atoms in total. The summed E-state index contributed by atoms with van der Waals surface area (Å²) in [5.41, 5.74) is 1.86. The summed E-state index contributed by atoms with van der Waals surface area (Å²) in [5, 5.41) is 9.18. The van der Waals surface area contributed by atoms with Gasteiger partial charge in [-0.3, -0.25) is 14.2 Å². The number of benzene rings is 2. The molecule has 0 aliphatic rings. The predicted molar refractivity (Wildman–Crippen MR) is 158 cm³/mol. The van der Waals surface area contributed by atoms with E-state index in [1.807, 2.05) is 20.8 Å². The first-order valence-corrected chi connectivity index (χ1v) is 13.7. The number of fused-ring (bicyclic) bond motifs is 1. The van der Waals surface area contributed by atoms with Gasteiger partial charge in [0.1, 0.15) is 11.1 Å². The Morgan fingerprint density at radius 2 is 1.80 bits per heavy atom. The average molecular weight is 650 g/mol. The van der Waals surface area contributed by atoms with Crippen molar-refractivity contribution in [2.24, 2.45) is 12.5 Å². The number of pyridine rings is 1. The predicted octanol–water partition coefficient (Wildman–Crippen LogP) is 6.69. The van der Waals surface area contributed by atoms with Gasteiger partial charge in [0.15, 0.2) is 12.3 Å². The Bertz CT molecular complexity index is 1590. The zero-order valence-corrected chi connectivity index (χ0v) is 25.0. The maximum atomic E-state index is 13.1. The highest BCUT2D eigenvalue weighted by Gasteiger charge is 2.22. The van der Waals surface area contributed by atoms with Crippen LogP contribution in [0.4, 0.5) is 26.1 Å². The highest BCUT2D eigenvalue weighted by Crippen LogP contribution is 2.30. The van der Waals surface area contributed by atoms with Gasteiger partial charge in [0, 0.05) is 29.2 Å². The number of aromatic nitrogens is 3. The second kappa shape index (κ2) is 12.4. The minimum atomic E-state index is -2.76. The standard InChI is InChI=1S/C28H28BrClF2N6O3/c1-28(2,3)26(40)33-13-15-5-10-19(30)20(11-15)35-27-36-21-12-18(24(39)34-17-8-6-16(29)7-9-17)25(41-14-22(31)32)37-23(21)38(27)4/h5-12,22H,13-14H2,1-4H3,(H,33,40)(H,34,39)(H,35,36). The number of nitrogens with one attached hydrogen (secondary N) is 3. The summed E-state index contributed by atoms with van der Waals surface area (Å²) in [6, 6.07) is 13.6. The van der Waals surface area contributed by atoms with Crippen LogP contribution in [-0.4, -0.2) is 39.4 Å². The van der Waals surface area contributed by atoms with Crippen LogP contribution in [0.3, 0.4) is 0 Å². The molecule has 0 fully saturated rings. The number of hydrogen-bond donors (Lipinski definition) is 3. The minimum absolute atomic E-state index is 0.0552. The van der Waals surface area contributed by atoms with Crippen LogP contribution in [0.25, 0.3) is 11.2 Å². The van der Waals surface area contributed by atoms with Crippen molar-refractivity contribution in [3.05, 3.63) is 69.2 Å². The fourth-order valence-electron chi connectivity index (χ4n) is 3.70. The molecule has 0 aliphatic heterocycles. The summed E-state index contributed by atoms with van der Waals surface area (Å²) in [6.45, 7) is 4.85. The van der Waals surface area contributed by atoms with E-state index in [1.54, 1.807) is 54.1 Å². The summed E-state index contributed by atoms with van der Waals surface area (Å²) in [7, 11) is 1.67. The van der Waals surface area contributed by atoms with Crippen LogP contribution >= 0.6 is 27.5 Å². The van der Waals surface area contributed by atoms with Gasteiger partial charge in [-0.25, -0.2) is 13.8 Å². The first kappa shape index (κ1) is 30.2. The Hall–Kier alpha value is -3.77. The van der Waals surface area contributed by atoms with Gasteiger partial charge in [-0.15, -0.1) is 0 Å². The molecular formula is C28H28BrClF2N6O3. The second-order valence-corrected chi connectivity index (χ2v) is 11.5. The zero-order valence-electron chi connectivity index (χ0n) is 22.7. The van der Waals surface area contributed by atoms with E-state index in [1.165, 1.54) is 6.07 Å². The van der Waals surface area contributed by atoms with Crippen LogP contribution in [0.15, 0.2) is 53.0 Å². The molecule has 0 aliphatic carbocycles. The molecule has 2 aromatic heterocycles. The maximum absolute atomic E-state index is 13.1. The number of aryl methyl sites for hydroxylation is 1. The van der Waals surface area contributed by atoms with Crippen LogP contribution in [-0.2, 0) is 18.4 Å². The van der Waals surface area contributed by atoms with E-state index in [0.717, 1.165) is 10.0 Å². The number of halogens is 4. The van der Waals surface area contributed by atoms with Crippen molar-refractivity contribution >= 4 is 67.8 Å². The molecule has 41 heavy (non-hydrogen) atoms. The quantitative estimate of drug-likeness (QED) is 0.187. The van der Waals surface area contributed by atoms with Gasteiger partial charge in [0.05, 0.1) is 10.7 Å². The number of hydrogen-bond acceptors (Lipinski definition) is 6. The topological polar surface area (TPSA) is 110 Å². The highest BCUT2D eigenvalue weighted by molar-refractivity contribution is 9.10. The third-order valence-corrected chi connectivity index (χ3v) is 6.77. The largest absolute Gasteiger partial charge is 0.471 e. The lowest BCUT2D eigenvalue weighted by molar-refractivity contribution is -0.128. The molecule has 0 saturated carbocycles. The van der Waals surface area contributed by atoms with E-state index in [0.29, 0.717) is 40.1 Å². The van der Waals surface area contributed by atoms with Crippen molar-refractivity contribution in [1.82, 2.24) is 19.9 Å². The molecular weight excluding hydrogens is 622 g/mol. The van der Waals surface area contributed by atoms with Crippen LogP contribution in [0.1, 0.15) is 36.7 Å². The van der Waals surface area contributed by atoms with Gasteiger partial charge in [-0.1, -0.05) is 54.4 Å². The first-order valence-electron chi connectivity index (χ1n) is 12.5. The van der Waals surface area contributed by atoms with Gasteiger partial charge in [0.25, 0.3) is 12.3 Å². The van der Waals surface area contributed by atoms with E-state index < -0.39 is 24.4 Å². The van der Waals surface area contributed by atoms with Crippen LogP contribution in [0, 0.1) is 5.41 Å². The SMILES string of the molecule is Cn1c(Nc2cc(CNC(=O)C(C)(C)C)ccc2Cl)nc2cc(C(=O)Nc3ccc(Br)cc3)c(OCC(F)F)nc21. The van der Waals surface area contributed by atoms with Gasteiger partial charge < -0.3 is 20.7 Å². The summed E-state index contributed by atoms with van der Waals surface area (Å²) in [4.78, 5) is 34.3. The first-order chi connectivity index (χ1) is 19.3. The minimum Gasteiger partial charge on any atom is -0.471 e. The van der Waals surface area contributed by atoms with Crippen LogP contribution < -0.4 is 20.7 Å². The highest BCUT2D eigenvalue weighted by atomic mass is 79.9. The van der Waals surface area contributed by atoms with E-state index in [9.17, 15) is 18.4 Å². The molecule has 2 aromatic carbocycles. The molecule has 0 spiro atoms. The lowest BCUT2D eigenvalue weighted by atomic mass is 9.95. The van der Waals surface area contributed by atoms with Gasteiger partial charge in [-0.05, 0) is 48.0 Å². The number of carbonyl (C=O) groups excluding carboxylic acids is 2. The van der Waals surface area contributed by atoms with Crippen LogP contribution in [0.5, 0.6) is 5.88 Å². The van der Waals surface area contributed by atoms with Crippen molar-refractivity contribution in [3.63, 3.8) is 0 Å². The number of nitrogens with zero attached hydrogens (tertiary/aromatic N) is 3. The molecule has 216 valence electrons. The third kappa shape index (κ3) is 7.50. The van der Waals surface area contributed by atoms with Gasteiger partial charge >= 0.3 is 0 Å². The molecule has 13 heteroatoms. The molecule has 0 bridgehead atoms. The van der Waals surface area contributed by atoms with Crippen molar-refractivity contribution in [2.75, 3.05) is 17.2 Å². The van der Waals surface area contributed by atoms with Crippen molar-refractivity contribution < 1.29 is 23.1 Å². The Morgan fingerprint density at radius 3 is 2.46 bits per heavy atom.